The summed E-state index contributed by atoms with van der Waals surface area (Å²) >= 11 is 0. The largest absolute Gasteiger partial charge is 0.481 e. The van der Waals surface area contributed by atoms with Crippen molar-refractivity contribution in [3.8, 4) is 0 Å². The summed E-state index contributed by atoms with van der Waals surface area (Å²) in [5, 5.41) is 15.0. The predicted molar refractivity (Wildman–Crippen MR) is 106 cm³/mol. The number of carboxylic acids is 1. The van der Waals surface area contributed by atoms with Gasteiger partial charge in [0.1, 0.15) is 0 Å². The van der Waals surface area contributed by atoms with Crippen LogP contribution >= 0.6 is 0 Å². The molecule has 1 amide bonds. The Bertz CT molecular complexity index is 633. The third-order valence-corrected chi connectivity index (χ3v) is 5.94. The number of carboxylic acid groups (broad SMARTS) is 1. The zero-order valence-electron chi connectivity index (χ0n) is 16.1. The molecule has 0 spiro atoms. The van der Waals surface area contributed by atoms with E-state index < -0.39 is 5.97 Å². The fraction of sp³-hybridized carbons (Fsp3) is 0.619. The van der Waals surface area contributed by atoms with Gasteiger partial charge in [-0.3, -0.25) is 9.59 Å². The van der Waals surface area contributed by atoms with Gasteiger partial charge in [0.2, 0.25) is 0 Å². The summed E-state index contributed by atoms with van der Waals surface area (Å²) in [5.74, 6) is 0.599. The zero-order chi connectivity index (χ0) is 19.2. The lowest BCUT2D eigenvalue weighted by Gasteiger charge is -2.38. The number of nitrogens with one attached hydrogen (secondary N) is 2. The average Bonchev–Trinajstić information content (AvgIpc) is 2.68. The minimum atomic E-state index is -0.911. The molecular weight excluding hydrogens is 342 g/mol. The number of anilines is 1. The van der Waals surface area contributed by atoms with Crippen LogP contribution in [0.1, 0.15) is 49.4 Å². The number of aliphatic carboxylic acids is 1. The number of carbonyl (C=O) groups excluding carboxylic acids is 1. The Hall–Kier alpha value is -2.08. The maximum absolute atomic E-state index is 12.2. The Kier molecular flexibility index (Phi) is 6.72. The maximum atomic E-state index is 12.2. The predicted octanol–water partition coefficient (Wildman–Crippen LogP) is 2.50. The topological polar surface area (TPSA) is 81.7 Å². The van der Waals surface area contributed by atoms with Crippen LogP contribution in [0.4, 0.5) is 5.69 Å². The lowest BCUT2D eigenvalue weighted by atomic mass is 9.79. The van der Waals surface area contributed by atoms with Gasteiger partial charge >= 0.3 is 5.97 Å². The minimum absolute atomic E-state index is 0.0736. The van der Waals surface area contributed by atoms with Crippen molar-refractivity contribution in [3.63, 3.8) is 0 Å². The highest BCUT2D eigenvalue weighted by molar-refractivity contribution is 5.94. The SMILES string of the molecule is CC(CC(=O)O)NC(=O)c1ccc(N2CCC(C3CCNCC3)CC2)cc1. The third-order valence-electron chi connectivity index (χ3n) is 5.94. The molecule has 27 heavy (non-hydrogen) atoms. The molecule has 0 radical (unpaired) electrons. The fourth-order valence-electron chi connectivity index (χ4n) is 4.39. The normalized spacial score (nSPS) is 20.3. The lowest BCUT2D eigenvalue weighted by molar-refractivity contribution is -0.137. The Morgan fingerprint density at radius 1 is 1.11 bits per heavy atom. The molecule has 2 fully saturated rings. The number of amides is 1. The highest BCUT2D eigenvalue weighted by Crippen LogP contribution is 2.32. The quantitative estimate of drug-likeness (QED) is 0.714. The van der Waals surface area contributed by atoms with E-state index in [2.05, 4.69) is 15.5 Å². The first-order chi connectivity index (χ1) is 13.0. The molecule has 2 aliphatic rings. The van der Waals surface area contributed by atoms with Crippen LogP contribution in [0.15, 0.2) is 24.3 Å². The first-order valence-electron chi connectivity index (χ1n) is 10.1. The van der Waals surface area contributed by atoms with Gasteiger partial charge in [-0.15, -0.1) is 0 Å². The van der Waals surface area contributed by atoms with E-state index in [0.717, 1.165) is 30.6 Å². The van der Waals surface area contributed by atoms with Crippen LogP contribution in [-0.2, 0) is 4.79 Å². The molecule has 6 nitrogen and oxygen atoms in total. The highest BCUT2D eigenvalue weighted by Gasteiger charge is 2.27. The summed E-state index contributed by atoms with van der Waals surface area (Å²) < 4.78 is 0. The van der Waals surface area contributed by atoms with Gasteiger partial charge in [-0.1, -0.05) is 0 Å². The second-order valence-electron chi connectivity index (χ2n) is 7.93. The Morgan fingerprint density at radius 3 is 2.30 bits per heavy atom. The standard InChI is InChI=1S/C21H31N3O3/c1-15(14-20(25)26)23-21(27)18-2-4-19(5-3-18)24-12-8-17(9-13-24)16-6-10-22-11-7-16/h2-5,15-17,22H,6-14H2,1H3,(H,23,27)(H,25,26). The van der Waals surface area contributed by atoms with Crippen molar-refractivity contribution in [2.75, 3.05) is 31.1 Å². The van der Waals surface area contributed by atoms with Crippen molar-refractivity contribution < 1.29 is 14.7 Å². The van der Waals surface area contributed by atoms with E-state index >= 15 is 0 Å². The molecule has 6 heteroatoms. The zero-order valence-corrected chi connectivity index (χ0v) is 16.1. The molecule has 1 aromatic carbocycles. The van der Waals surface area contributed by atoms with Crippen LogP contribution < -0.4 is 15.5 Å². The number of benzene rings is 1. The van der Waals surface area contributed by atoms with Gasteiger partial charge in [0, 0.05) is 30.4 Å². The van der Waals surface area contributed by atoms with Crippen molar-refractivity contribution in [2.45, 2.75) is 45.1 Å². The Labute approximate surface area is 161 Å². The molecule has 148 valence electrons. The van der Waals surface area contributed by atoms with E-state index in [1.165, 1.54) is 38.8 Å². The summed E-state index contributed by atoms with van der Waals surface area (Å²) in [6.45, 7) is 6.19. The number of carbonyl (C=O) groups is 2. The minimum Gasteiger partial charge on any atom is -0.481 e. The van der Waals surface area contributed by atoms with Gasteiger partial charge < -0.3 is 20.6 Å². The van der Waals surface area contributed by atoms with Crippen LogP contribution in [0.25, 0.3) is 0 Å². The molecule has 3 rings (SSSR count). The van der Waals surface area contributed by atoms with Crippen molar-refractivity contribution in [3.05, 3.63) is 29.8 Å². The van der Waals surface area contributed by atoms with E-state index in [4.69, 9.17) is 5.11 Å². The van der Waals surface area contributed by atoms with Crippen LogP contribution in [0.5, 0.6) is 0 Å². The van der Waals surface area contributed by atoms with Crippen molar-refractivity contribution >= 4 is 17.6 Å². The van der Waals surface area contributed by atoms with Crippen LogP contribution in [0.3, 0.4) is 0 Å². The summed E-state index contributed by atoms with van der Waals surface area (Å²) in [5.41, 5.74) is 1.73. The molecule has 2 heterocycles. The molecular formula is C21H31N3O3. The van der Waals surface area contributed by atoms with Crippen molar-refractivity contribution in [1.29, 1.82) is 0 Å². The second-order valence-corrected chi connectivity index (χ2v) is 7.93. The first-order valence-corrected chi connectivity index (χ1v) is 10.1. The van der Waals surface area contributed by atoms with E-state index in [1.54, 1.807) is 6.92 Å². The number of hydrogen-bond acceptors (Lipinski definition) is 4. The van der Waals surface area contributed by atoms with Crippen LogP contribution in [0, 0.1) is 11.8 Å². The van der Waals surface area contributed by atoms with Gasteiger partial charge in [-0.05, 0) is 81.8 Å². The van der Waals surface area contributed by atoms with Crippen molar-refractivity contribution in [2.24, 2.45) is 11.8 Å². The Morgan fingerprint density at radius 2 is 1.70 bits per heavy atom. The first kappa shape index (κ1) is 19.7. The summed E-state index contributed by atoms with van der Waals surface area (Å²) in [4.78, 5) is 25.3. The fourth-order valence-corrected chi connectivity index (χ4v) is 4.39. The maximum Gasteiger partial charge on any atom is 0.305 e. The summed E-state index contributed by atoms with van der Waals surface area (Å²) in [6, 6.07) is 7.28. The molecule has 1 unspecified atom stereocenters. The molecule has 1 atom stereocenters. The summed E-state index contributed by atoms with van der Waals surface area (Å²) in [7, 11) is 0. The summed E-state index contributed by atoms with van der Waals surface area (Å²) in [6.07, 6.45) is 5.05. The molecule has 2 saturated heterocycles. The van der Waals surface area contributed by atoms with E-state index in [9.17, 15) is 9.59 Å². The molecule has 2 aliphatic heterocycles. The molecule has 3 N–H and O–H groups in total. The van der Waals surface area contributed by atoms with Gasteiger partial charge in [0.25, 0.3) is 5.91 Å². The van der Waals surface area contributed by atoms with Crippen molar-refractivity contribution in [1.82, 2.24) is 10.6 Å². The molecule has 0 bridgehead atoms. The Balaban J connectivity index is 1.50. The smallest absolute Gasteiger partial charge is 0.305 e. The lowest BCUT2D eigenvalue weighted by Crippen LogP contribution is -2.39. The average molecular weight is 373 g/mol. The number of hydrogen-bond donors (Lipinski definition) is 3. The van der Waals surface area contributed by atoms with Gasteiger partial charge in [-0.2, -0.15) is 0 Å². The van der Waals surface area contributed by atoms with Gasteiger partial charge in [0.15, 0.2) is 0 Å². The number of nitrogens with zero attached hydrogens (tertiary/aromatic N) is 1. The van der Waals surface area contributed by atoms with E-state index in [0.29, 0.717) is 5.56 Å². The molecule has 1 aromatic rings. The van der Waals surface area contributed by atoms with Gasteiger partial charge in [-0.25, -0.2) is 0 Å². The van der Waals surface area contributed by atoms with E-state index in [-0.39, 0.29) is 18.4 Å². The second kappa shape index (κ2) is 9.22. The molecule has 0 aliphatic carbocycles. The third kappa shape index (κ3) is 5.45. The highest BCUT2D eigenvalue weighted by atomic mass is 16.4. The van der Waals surface area contributed by atoms with E-state index in [1.807, 2.05) is 24.3 Å². The monoisotopic (exact) mass is 373 g/mol. The number of piperidine rings is 2. The molecule has 0 aromatic heterocycles. The molecule has 0 saturated carbocycles. The van der Waals surface area contributed by atoms with Crippen LogP contribution in [-0.4, -0.2) is 49.2 Å². The number of rotatable bonds is 6. The van der Waals surface area contributed by atoms with Crippen LogP contribution in [0.2, 0.25) is 0 Å². The van der Waals surface area contributed by atoms with Gasteiger partial charge in [0.05, 0.1) is 6.42 Å².